The van der Waals surface area contributed by atoms with Gasteiger partial charge in [-0.25, -0.2) is 0 Å². The highest BCUT2D eigenvalue weighted by Crippen LogP contribution is 2.16. The lowest BCUT2D eigenvalue weighted by molar-refractivity contribution is 0.775. The summed E-state index contributed by atoms with van der Waals surface area (Å²) in [5.41, 5.74) is 2.37. The standard InChI is InChI=1S/C12H16/c1-4-11-6-5-7-12(9-8-11)10(2)3/h5-9,11H,2,4H2,1,3H3. The van der Waals surface area contributed by atoms with E-state index in [1.807, 2.05) is 6.92 Å². The maximum absolute atomic E-state index is 3.92. The van der Waals surface area contributed by atoms with Crippen molar-refractivity contribution in [1.29, 1.82) is 0 Å². The first kappa shape index (κ1) is 9.05. The van der Waals surface area contributed by atoms with E-state index in [2.05, 4.69) is 43.9 Å². The van der Waals surface area contributed by atoms with Gasteiger partial charge in [0.15, 0.2) is 0 Å². The largest absolute Gasteiger partial charge is 0.0955 e. The van der Waals surface area contributed by atoms with Crippen LogP contribution < -0.4 is 0 Å². The number of hydrogen-bond acceptors (Lipinski definition) is 0. The molecule has 0 aliphatic heterocycles. The van der Waals surface area contributed by atoms with Gasteiger partial charge >= 0.3 is 0 Å². The van der Waals surface area contributed by atoms with Gasteiger partial charge in [0, 0.05) is 0 Å². The fourth-order valence-electron chi connectivity index (χ4n) is 1.21. The van der Waals surface area contributed by atoms with Gasteiger partial charge < -0.3 is 0 Å². The molecule has 0 amide bonds. The minimum atomic E-state index is 0.595. The normalized spacial score (nSPS) is 21.8. The fourth-order valence-corrected chi connectivity index (χ4v) is 1.21. The Labute approximate surface area is 75.0 Å². The Balaban J connectivity index is 2.78. The van der Waals surface area contributed by atoms with Crippen LogP contribution in [0.4, 0.5) is 0 Å². The molecule has 64 valence electrons. The summed E-state index contributed by atoms with van der Waals surface area (Å²) >= 11 is 0. The topological polar surface area (TPSA) is 0 Å². The van der Waals surface area contributed by atoms with E-state index in [1.165, 1.54) is 12.0 Å². The van der Waals surface area contributed by atoms with Gasteiger partial charge in [-0.2, -0.15) is 0 Å². The summed E-state index contributed by atoms with van der Waals surface area (Å²) in [6, 6.07) is 0. The summed E-state index contributed by atoms with van der Waals surface area (Å²) in [7, 11) is 0. The molecule has 1 atom stereocenters. The van der Waals surface area contributed by atoms with Gasteiger partial charge in [0.2, 0.25) is 0 Å². The highest BCUT2D eigenvalue weighted by Gasteiger charge is 1.99. The van der Waals surface area contributed by atoms with Gasteiger partial charge in [0.05, 0.1) is 0 Å². The van der Waals surface area contributed by atoms with Gasteiger partial charge in [0.1, 0.15) is 0 Å². The van der Waals surface area contributed by atoms with E-state index >= 15 is 0 Å². The molecule has 1 unspecified atom stereocenters. The maximum Gasteiger partial charge on any atom is -0.00497 e. The van der Waals surface area contributed by atoms with Crippen LogP contribution in [0.25, 0.3) is 0 Å². The Morgan fingerprint density at radius 1 is 1.50 bits per heavy atom. The number of allylic oxidation sites excluding steroid dienone is 7. The van der Waals surface area contributed by atoms with Crippen LogP contribution in [-0.4, -0.2) is 0 Å². The molecule has 0 heterocycles. The van der Waals surface area contributed by atoms with Crippen molar-refractivity contribution in [2.24, 2.45) is 5.92 Å². The summed E-state index contributed by atoms with van der Waals surface area (Å²) in [5.74, 6) is 0.595. The highest BCUT2D eigenvalue weighted by atomic mass is 14.0. The Bertz CT molecular complexity index is 251. The third-order valence-corrected chi connectivity index (χ3v) is 2.12. The van der Waals surface area contributed by atoms with E-state index in [9.17, 15) is 0 Å². The summed E-state index contributed by atoms with van der Waals surface area (Å²) in [6.45, 7) is 8.16. The molecule has 0 nitrogen and oxygen atoms in total. The SMILES string of the molecule is C=C(C)C1=CC=CC(CC)C=C1. The zero-order valence-electron chi connectivity index (χ0n) is 7.88. The molecule has 1 aliphatic carbocycles. The van der Waals surface area contributed by atoms with E-state index in [0.717, 1.165) is 5.57 Å². The average molecular weight is 160 g/mol. The predicted molar refractivity (Wildman–Crippen MR) is 55.0 cm³/mol. The Morgan fingerprint density at radius 3 is 2.83 bits per heavy atom. The summed E-state index contributed by atoms with van der Waals surface area (Å²) in [5, 5.41) is 0. The summed E-state index contributed by atoms with van der Waals surface area (Å²) < 4.78 is 0. The van der Waals surface area contributed by atoms with Gasteiger partial charge in [-0.05, 0) is 24.8 Å². The highest BCUT2D eigenvalue weighted by molar-refractivity contribution is 5.41. The van der Waals surface area contributed by atoms with Gasteiger partial charge in [-0.1, -0.05) is 49.5 Å². The first-order chi connectivity index (χ1) is 5.74. The van der Waals surface area contributed by atoms with Crippen LogP contribution in [0.2, 0.25) is 0 Å². The van der Waals surface area contributed by atoms with Crippen molar-refractivity contribution in [3.05, 3.63) is 48.1 Å². The van der Waals surface area contributed by atoms with Crippen LogP contribution in [-0.2, 0) is 0 Å². The molecule has 0 radical (unpaired) electrons. The smallest absolute Gasteiger partial charge is 0.00497 e. The van der Waals surface area contributed by atoms with Crippen molar-refractivity contribution in [1.82, 2.24) is 0 Å². The van der Waals surface area contributed by atoms with Gasteiger partial charge in [-0.15, -0.1) is 0 Å². The van der Waals surface area contributed by atoms with Gasteiger partial charge in [0.25, 0.3) is 0 Å². The molecule has 12 heavy (non-hydrogen) atoms. The van der Waals surface area contributed by atoms with E-state index in [4.69, 9.17) is 0 Å². The van der Waals surface area contributed by atoms with Crippen molar-refractivity contribution in [2.45, 2.75) is 20.3 Å². The molecule has 0 aromatic rings. The third-order valence-electron chi connectivity index (χ3n) is 2.12. The van der Waals surface area contributed by atoms with Crippen LogP contribution >= 0.6 is 0 Å². The zero-order valence-corrected chi connectivity index (χ0v) is 7.88. The Kier molecular flexibility index (Phi) is 3.09. The van der Waals surface area contributed by atoms with Crippen LogP contribution in [0.5, 0.6) is 0 Å². The van der Waals surface area contributed by atoms with Crippen LogP contribution in [0.1, 0.15) is 20.3 Å². The lowest BCUT2D eigenvalue weighted by Crippen LogP contribution is -1.86. The van der Waals surface area contributed by atoms with E-state index in [-0.39, 0.29) is 0 Å². The Morgan fingerprint density at radius 2 is 2.25 bits per heavy atom. The number of hydrogen-bond donors (Lipinski definition) is 0. The van der Waals surface area contributed by atoms with Crippen LogP contribution in [0.3, 0.4) is 0 Å². The van der Waals surface area contributed by atoms with Gasteiger partial charge in [-0.3, -0.25) is 0 Å². The van der Waals surface area contributed by atoms with Crippen LogP contribution in [0.15, 0.2) is 48.1 Å². The second-order valence-electron chi connectivity index (χ2n) is 3.22. The molecule has 0 saturated heterocycles. The molecule has 0 aromatic heterocycles. The zero-order chi connectivity index (χ0) is 8.97. The molecule has 1 rings (SSSR count). The quantitative estimate of drug-likeness (QED) is 0.578. The average Bonchev–Trinajstić information content (AvgIpc) is 2.28. The molecule has 1 aliphatic rings. The summed E-state index contributed by atoms with van der Waals surface area (Å²) in [4.78, 5) is 0. The minimum Gasteiger partial charge on any atom is -0.0955 e. The molecular weight excluding hydrogens is 144 g/mol. The maximum atomic E-state index is 3.92. The molecule has 0 heteroatoms. The predicted octanol–water partition coefficient (Wildman–Crippen LogP) is 3.64. The third kappa shape index (κ3) is 2.23. The van der Waals surface area contributed by atoms with Crippen molar-refractivity contribution < 1.29 is 0 Å². The van der Waals surface area contributed by atoms with Crippen molar-refractivity contribution in [3.63, 3.8) is 0 Å². The minimum absolute atomic E-state index is 0.595. The molecule has 0 aromatic carbocycles. The Hall–Kier alpha value is -1.04. The van der Waals surface area contributed by atoms with Crippen LogP contribution in [0, 0.1) is 5.92 Å². The van der Waals surface area contributed by atoms with E-state index in [1.54, 1.807) is 0 Å². The monoisotopic (exact) mass is 160 g/mol. The fraction of sp³-hybridized carbons (Fsp3) is 0.333. The second kappa shape index (κ2) is 4.10. The van der Waals surface area contributed by atoms with E-state index < -0.39 is 0 Å². The molecule has 0 fully saturated rings. The lowest BCUT2D eigenvalue weighted by Gasteiger charge is -2.00. The van der Waals surface area contributed by atoms with Crippen molar-refractivity contribution in [3.8, 4) is 0 Å². The molecule has 0 saturated carbocycles. The molecule has 0 N–H and O–H groups in total. The lowest BCUT2D eigenvalue weighted by atomic mass is 10.1. The second-order valence-corrected chi connectivity index (χ2v) is 3.22. The molecule has 0 bridgehead atoms. The molecular formula is C12H16. The van der Waals surface area contributed by atoms with E-state index in [0.29, 0.717) is 5.92 Å². The molecule has 0 spiro atoms. The summed E-state index contributed by atoms with van der Waals surface area (Å²) in [6.07, 6.45) is 12.0. The van der Waals surface area contributed by atoms with Crippen molar-refractivity contribution >= 4 is 0 Å². The number of rotatable bonds is 2. The van der Waals surface area contributed by atoms with Crippen molar-refractivity contribution in [2.75, 3.05) is 0 Å². The first-order valence-corrected chi connectivity index (χ1v) is 4.46. The first-order valence-electron chi connectivity index (χ1n) is 4.46.